The van der Waals surface area contributed by atoms with E-state index in [9.17, 15) is 13.6 Å². The van der Waals surface area contributed by atoms with E-state index in [1.807, 2.05) is 0 Å². The first-order chi connectivity index (χ1) is 8.58. The number of carbonyl (C=O) groups is 1. The minimum atomic E-state index is -2.52. The Labute approximate surface area is 103 Å². The molecule has 0 aromatic carbocycles. The van der Waals surface area contributed by atoms with Gasteiger partial charge in [-0.1, -0.05) is 0 Å². The minimum Gasteiger partial charge on any atom is -0.395 e. The Morgan fingerprint density at radius 1 is 1.61 bits per heavy atom. The van der Waals surface area contributed by atoms with Crippen molar-refractivity contribution in [1.82, 2.24) is 10.3 Å². The lowest BCUT2D eigenvalue weighted by Crippen LogP contribution is -2.32. The summed E-state index contributed by atoms with van der Waals surface area (Å²) in [5.74, 6) is -0.391. The second kappa shape index (κ2) is 6.85. The summed E-state index contributed by atoms with van der Waals surface area (Å²) in [7, 11) is 1.46. The van der Waals surface area contributed by atoms with E-state index in [-0.39, 0.29) is 18.8 Å². The van der Waals surface area contributed by atoms with Crippen LogP contribution in [-0.2, 0) is 0 Å². The van der Waals surface area contributed by atoms with Crippen LogP contribution >= 0.6 is 0 Å². The molecular weight excluding hydrogens is 244 g/mol. The summed E-state index contributed by atoms with van der Waals surface area (Å²) in [6, 6.07) is 2.93. The predicted molar refractivity (Wildman–Crippen MR) is 62.9 cm³/mol. The van der Waals surface area contributed by atoms with E-state index in [0.29, 0.717) is 5.69 Å². The smallest absolute Gasteiger partial charge is 0.269 e. The van der Waals surface area contributed by atoms with Crippen molar-refractivity contribution in [2.75, 3.05) is 31.6 Å². The number of hydrogen-bond donors (Lipinski definition) is 2. The molecule has 0 bridgehead atoms. The van der Waals surface area contributed by atoms with Crippen LogP contribution < -0.4 is 10.2 Å². The maximum atomic E-state index is 12.4. The van der Waals surface area contributed by atoms with Gasteiger partial charge in [0.15, 0.2) is 0 Å². The lowest BCUT2D eigenvalue weighted by molar-refractivity contribution is 0.0958. The lowest BCUT2D eigenvalue weighted by atomic mass is 10.2. The van der Waals surface area contributed by atoms with Gasteiger partial charge in [0.05, 0.1) is 13.2 Å². The van der Waals surface area contributed by atoms with E-state index in [4.69, 9.17) is 5.11 Å². The number of carbonyl (C=O) groups excluding carboxylic acids is 1. The molecule has 100 valence electrons. The average molecular weight is 259 g/mol. The summed E-state index contributed by atoms with van der Waals surface area (Å²) < 4.78 is 24.8. The van der Waals surface area contributed by atoms with Crippen LogP contribution in [0.1, 0.15) is 10.5 Å². The van der Waals surface area contributed by atoms with Crippen LogP contribution in [0.25, 0.3) is 0 Å². The Hall–Kier alpha value is -1.76. The van der Waals surface area contributed by atoms with Gasteiger partial charge >= 0.3 is 0 Å². The van der Waals surface area contributed by atoms with Crippen molar-refractivity contribution in [3.63, 3.8) is 0 Å². The molecule has 0 aliphatic heterocycles. The van der Waals surface area contributed by atoms with Crippen molar-refractivity contribution in [3.05, 3.63) is 24.0 Å². The van der Waals surface area contributed by atoms with E-state index < -0.39 is 18.9 Å². The normalized spacial score (nSPS) is 10.5. The van der Waals surface area contributed by atoms with Gasteiger partial charge in [-0.2, -0.15) is 0 Å². The van der Waals surface area contributed by atoms with Crippen LogP contribution in [0.2, 0.25) is 0 Å². The van der Waals surface area contributed by atoms with Crippen LogP contribution in [0.5, 0.6) is 0 Å². The maximum Gasteiger partial charge on any atom is 0.269 e. The van der Waals surface area contributed by atoms with Crippen molar-refractivity contribution in [3.8, 4) is 0 Å². The molecule has 0 atom stereocenters. The molecule has 5 nitrogen and oxygen atoms in total. The van der Waals surface area contributed by atoms with Gasteiger partial charge in [0.25, 0.3) is 12.3 Å². The molecule has 1 aromatic rings. The largest absolute Gasteiger partial charge is 0.395 e. The van der Waals surface area contributed by atoms with E-state index in [2.05, 4.69) is 10.3 Å². The number of amides is 1. The zero-order valence-electron chi connectivity index (χ0n) is 9.94. The number of halogens is 2. The Morgan fingerprint density at radius 2 is 2.33 bits per heavy atom. The predicted octanol–water partition coefficient (Wildman–Crippen LogP) is 0.505. The second-order valence-electron chi connectivity index (χ2n) is 3.54. The number of pyridine rings is 1. The van der Waals surface area contributed by atoms with Gasteiger partial charge in [0.1, 0.15) is 5.69 Å². The summed E-state index contributed by atoms with van der Waals surface area (Å²) >= 11 is 0. The SMILES string of the molecule is CNC(=O)c1cc(N(CCO)CC(F)F)ccn1. The first-order valence-corrected chi connectivity index (χ1v) is 5.40. The van der Waals surface area contributed by atoms with Gasteiger partial charge in [0.2, 0.25) is 0 Å². The Balaban J connectivity index is 2.93. The minimum absolute atomic E-state index is 0.0710. The topological polar surface area (TPSA) is 65.5 Å². The molecular formula is C11H15F2N3O2. The molecule has 0 aliphatic rings. The Bertz CT molecular complexity index is 402. The van der Waals surface area contributed by atoms with E-state index in [1.54, 1.807) is 0 Å². The Morgan fingerprint density at radius 3 is 2.89 bits per heavy atom. The maximum absolute atomic E-state index is 12.4. The Kier molecular flexibility index (Phi) is 5.44. The number of aliphatic hydroxyl groups is 1. The third-order valence-electron chi connectivity index (χ3n) is 2.30. The molecule has 2 N–H and O–H groups in total. The lowest BCUT2D eigenvalue weighted by Gasteiger charge is -2.23. The number of aromatic nitrogens is 1. The van der Waals surface area contributed by atoms with Crippen molar-refractivity contribution < 1.29 is 18.7 Å². The molecule has 1 heterocycles. The highest BCUT2D eigenvalue weighted by molar-refractivity contribution is 5.92. The van der Waals surface area contributed by atoms with Gasteiger partial charge in [-0.3, -0.25) is 9.78 Å². The number of nitrogens with zero attached hydrogens (tertiary/aromatic N) is 2. The van der Waals surface area contributed by atoms with E-state index in [0.717, 1.165) is 0 Å². The van der Waals surface area contributed by atoms with Crippen LogP contribution in [-0.4, -0.2) is 49.2 Å². The molecule has 18 heavy (non-hydrogen) atoms. The van der Waals surface area contributed by atoms with Gasteiger partial charge in [-0.25, -0.2) is 8.78 Å². The first-order valence-electron chi connectivity index (χ1n) is 5.40. The van der Waals surface area contributed by atoms with Crippen molar-refractivity contribution >= 4 is 11.6 Å². The third-order valence-corrected chi connectivity index (χ3v) is 2.30. The molecule has 0 spiro atoms. The molecule has 0 aliphatic carbocycles. The summed E-state index contributed by atoms with van der Waals surface area (Å²) in [4.78, 5) is 16.5. The van der Waals surface area contributed by atoms with Gasteiger partial charge < -0.3 is 15.3 Å². The molecule has 7 heteroatoms. The van der Waals surface area contributed by atoms with Crippen molar-refractivity contribution in [2.45, 2.75) is 6.43 Å². The van der Waals surface area contributed by atoms with Crippen molar-refractivity contribution in [1.29, 1.82) is 0 Å². The second-order valence-corrected chi connectivity index (χ2v) is 3.54. The number of hydrogen-bond acceptors (Lipinski definition) is 4. The highest BCUT2D eigenvalue weighted by Gasteiger charge is 2.14. The van der Waals surface area contributed by atoms with Crippen LogP contribution in [0.15, 0.2) is 18.3 Å². The zero-order valence-corrected chi connectivity index (χ0v) is 9.94. The quantitative estimate of drug-likeness (QED) is 0.781. The molecule has 0 unspecified atom stereocenters. The third kappa shape index (κ3) is 3.92. The van der Waals surface area contributed by atoms with Crippen LogP contribution in [0.4, 0.5) is 14.5 Å². The van der Waals surface area contributed by atoms with Gasteiger partial charge in [-0.15, -0.1) is 0 Å². The molecule has 0 saturated heterocycles. The van der Waals surface area contributed by atoms with Gasteiger partial charge in [-0.05, 0) is 12.1 Å². The first kappa shape index (κ1) is 14.3. The number of aliphatic hydroxyl groups excluding tert-OH is 1. The summed E-state index contributed by atoms with van der Waals surface area (Å²) in [6.07, 6.45) is -1.15. The fourth-order valence-electron chi connectivity index (χ4n) is 1.48. The number of rotatable bonds is 6. The van der Waals surface area contributed by atoms with E-state index >= 15 is 0 Å². The fraction of sp³-hybridized carbons (Fsp3) is 0.455. The van der Waals surface area contributed by atoms with Crippen LogP contribution in [0.3, 0.4) is 0 Å². The molecule has 0 saturated carbocycles. The molecule has 0 fully saturated rings. The van der Waals surface area contributed by atoms with Crippen LogP contribution in [0, 0.1) is 0 Å². The van der Waals surface area contributed by atoms with Crippen molar-refractivity contribution in [2.24, 2.45) is 0 Å². The summed E-state index contributed by atoms with van der Waals surface area (Å²) in [5, 5.41) is 11.3. The van der Waals surface area contributed by atoms with E-state index in [1.165, 1.54) is 30.3 Å². The molecule has 0 radical (unpaired) electrons. The summed E-state index contributed by atoms with van der Waals surface area (Å²) in [6.45, 7) is -0.677. The number of anilines is 1. The summed E-state index contributed by atoms with van der Waals surface area (Å²) in [5.41, 5.74) is 0.574. The highest BCUT2D eigenvalue weighted by atomic mass is 19.3. The monoisotopic (exact) mass is 259 g/mol. The molecule has 1 amide bonds. The molecule has 1 rings (SSSR count). The van der Waals surface area contributed by atoms with Gasteiger partial charge in [0, 0.05) is 25.5 Å². The highest BCUT2D eigenvalue weighted by Crippen LogP contribution is 2.15. The fourth-order valence-corrected chi connectivity index (χ4v) is 1.48. The number of alkyl halides is 2. The standard InChI is InChI=1S/C11H15F2N3O2/c1-14-11(18)9-6-8(2-3-15-9)16(4-5-17)7-10(12)13/h2-3,6,10,17H,4-5,7H2,1H3,(H,14,18). The average Bonchev–Trinajstić information content (AvgIpc) is 2.37. The zero-order chi connectivity index (χ0) is 13.5. The molecule has 1 aromatic heterocycles. The number of nitrogens with one attached hydrogen (secondary N) is 1.